The van der Waals surface area contributed by atoms with Crippen molar-refractivity contribution in [2.75, 3.05) is 6.54 Å². The number of benzene rings is 1. The van der Waals surface area contributed by atoms with Crippen LogP contribution in [0.1, 0.15) is 25.3 Å². The van der Waals surface area contributed by atoms with Gasteiger partial charge in [0, 0.05) is 16.4 Å². The molecule has 0 bridgehead atoms. The van der Waals surface area contributed by atoms with Crippen LogP contribution in [-0.4, -0.2) is 6.54 Å². The molecule has 15 heavy (non-hydrogen) atoms. The Hall–Kier alpha value is -0.0500. The monoisotopic (exact) mass is 289 g/mol. The number of hydrogen-bond donors (Lipinski definition) is 1. The molecular weight excluding hydrogens is 273 g/mol. The zero-order valence-electron chi connectivity index (χ0n) is 8.87. The molecule has 1 aliphatic rings. The molecule has 1 aromatic rings. The summed E-state index contributed by atoms with van der Waals surface area (Å²) >= 11 is 3.46. The van der Waals surface area contributed by atoms with E-state index in [-0.39, 0.29) is 17.8 Å². The van der Waals surface area contributed by atoms with Crippen molar-refractivity contribution in [2.24, 2.45) is 11.7 Å². The van der Waals surface area contributed by atoms with Crippen LogP contribution in [0.4, 0.5) is 0 Å². The van der Waals surface area contributed by atoms with Crippen LogP contribution >= 0.6 is 28.3 Å². The summed E-state index contributed by atoms with van der Waals surface area (Å²) in [4.78, 5) is 0. The number of halogens is 2. The molecule has 84 valence electrons. The van der Waals surface area contributed by atoms with E-state index in [1.54, 1.807) is 0 Å². The van der Waals surface area contributed by atoms with Gasteiger partial charge in [-0.2, -0.15) is 0 Å². The van der Waals surface area contributed by atoms with Crippen molar-refractivity contribution in [3.05, 3.63) is 34.3 Å². The summed E-state index contributed by atoms with van der Waals surface area (Å²) in [6.07, 6.45) is 2.56. The maximum Gasteiger partial charge on any atom is 0.0175 e. The van der Waals surface area contributed by atoms with Gasteiger partial charge in [0.2, 0.25) is 0 Å². The molecule has 2 rings (SSSR count). The summed E-state index contributed by atoms with van der Waals surface area (Å²) < 4.78 is 1.14. The van der Waals surface area contributed by atoms with Crippen LogP contribution in [-0.2, 0) is 5.41 Å². The van der Waals surface area contributed by atoms with Crippen LogP contribution in [0.15, 0.2) is 28.7 Å². The van der Waals surface area contributed by atoms with Crippen molar-refractivity contribution in [1.29, 1.82) is 0 Å². The normalized spacial score (nSPS) is 29.1. The first kappa shape index (κ1) is 13.0. The minimum atomic E-state index is 0. The average molecular weight is 291 g/mol. The van der Waals surface area contributed by atoms with Crippen LogP contribution in [0.3, 0.4) is 0 Å². The number of hydrogen-bond acceptors (Lipinski definition) is 1. The summed E-state index contributed by atoms with van der Waals surface area (Å²) in [6, 6.07) is 8.62. The van der Waals surface area contributed by atoms with Gasteiger partial charge in [0.05, 0.1) is 0 Å². The zero-order chi connectivity index (χ0) is 10.2. The molecular formula is C12H17BrClN. The second kappa shape index (κ2) is 4.86. The van der Waals surface area contributed by atoms with Gasteiger partial charge in [-0.1, -0.05) is 35.0 Å². The number of nitrogens with two attached hydrogens (primary N) is 1. The first-order valence-electron chi connectivity index (χ1n) is 5.15. The predicted molar refractivity (Wildman–Crippen MR) is 70.5 cm³/mol. The van der Waals surface area contributed by atoms with Crippen LogP contribution in [0, 0.1) is 5.92 Å². The molecule has 0 aromatic heterocycles. The Bertz CT molecular complexity index is 321. The lowest BCUT2D eigenvalue weighted by Gasteiger charge is -2.48. The minimum absolute atomic E-state index is 0. The fourth-order valence-corrected chi connectivity index (χ4v) is 2.68. The summed E-state index contributed by atoms with van der Waals surface area (Å²) in [5.41, 5.74) is 7.59. The molecule has 0 amide bonds. The van der Waals surface area contributed by atoms with Gasteiger partial charge in [0.1, 0.15) is 0 Å². The highest BCUT2D eigenvalue weighted by Gasteiger charge is 2.43. The Morgan fingerprint density at radius 2 is 2.00 bits per heavy atom. The summed E-state index contributed by atoms with van der Waals surface area (Å²) in [6.45, 7) is 3.08. The molecule has 0 aliphatic heterocycles. The molecule has 1 fully saturated rings. The SMILES string of the molecule is CC1CCC1(CN)c1ccc(Br)cc1.Cl. The maximum atomic E-state index is 5.92. The van der Waals surface area contributed by atoms with Crippen molar-refractivity contribution in [3.8, 4) is 0 Å². The van der Waals surface area contributed by atoms with E-state index in [4.69, 9.17) is 5.73 Å². The highest BCUT2D eigenvalue weighted by atomic mass is 79.9. The molecule has 1 aromatic carbocycles. The van der Waals surface area contributed by atoms with E-state index in [0.717, 1.165) is 16.9 Å². The second-order valence-electron chi connectivity index (χ2n) is 4.31. The second-order valence-corrected chi connectivity index (χ2v) is 5.22. The standard InChI is InChI=1S/C12H16BrN.ClH/c1-9-6-7-12(9,8-14)10-2-4-11(13)5-3-10;/h2-5,9H,6-8,14H2,1H3;1H. The van der Waals surface area contributed by atoms with E-state index in [1.165, 1.54) is 18.4 Å². The molecule has 1 saturated carbocycles. The molecule has 0 spiro atoms. The largest absolute Gasteiger partial charge is 0.330 e. The van der Waals surface area contributed by atoms with E-state index in [1.807, 2.05) is 0 Å². The van der Waals surface area contributed by atoms with Gasteiger partial charge < -0.3 is 5.73 Å². The van der Waals surface area contributed by atoms with Gasteiger partial charge >= 0.3 is 0 Å². The smallest absolute Gasteiger partial charge is 0.0175 e. The highest BCUT2D eigenvalue weighted by Crippen LogP contribution is 2.47. The lowest BCUT2D eigenvalue weighted by atomic mass is 9.57. The van der Waals surface area contributed by atoms with E-state index >= 15 is 0 Å². The highest BCUT2D eigenvalue weighted by molar-refractivity contribution is 9.10. The Morgan fingerprint density at radius 1 is 1.40 bits per heavy atom. The topological polar surface area (TPSA) is 26.0 Å². The van der Waals surface area contributed by atoms with E-state index in [9.17, 15) is 0 Å². The lowest BCUT2D eigenvalue weighted by Crippen LogP contribution is -2.48. The molecule has 2 N–H and O–H groups in total. The maximum absolute atomic E-state index is 5.92. The van der Waals surface area contributed by atoms with E-state index in [2.05, 4.69) is 47.1 Å². The Kier molecular flexibility index (Phi) is 4.21. The van der Waals surface area contributed by atoms with Crippen LogP contribution in [0.5, 0.6) is 0 Å². The van der Waals surface area contributed by atoms with Gasteiger partial charge in [-0.15, -0.1) is 12.4 Å². The fourth-order valence-electron chi connectivity index (χ4n) is 2.41. The molecule has 1 aliphatic carbocycles. The Labute approximate surface area is 106 Å². The first-order chi connectivity index (χ1) is 6.69. The summed E-state index contributed by atoms with van der Waals surface area (Å²) in [5, 5.41) is 0. The Balaban J connectivity index is 0.00000112. The molecule has 3 heteroatoms. The van der Waals surface area contributed by atoms with Gasteiger partial charge in [0.15, 0.2) is 0 Å². The van der Waals surface area contributed by atoms with E-state index in [0.29, 0.717) is 0 Å². The molecule has 0 heterocycles. The van der Waals surface area contributed by atoms with Gasteiger partial charge in [-0.3, -0.25) is 0 Å². The van der Waals surface area contributed by atoms with Crippen molar-refractivity contribution in [3.63, 3.8) is 0 Å². The molecule has 0 saturated heterocycles. The third-order valence-electron chi connectivity index (χ3n) is 3.75. The summed E-state index contributed by atoms with van der Waals surface area (Å²) in [7, 11) is 0. The van der Waals surface area contributed by atoms with Crippen molar-refractivity contribution in [2.45, 2.75) is 25.2 Å². The quantitative estimate of drug-likeness (QED) is 0.886. The van der Waals surface area contributed by atoms with Crippen molar-refractivity contribution >= 4 is 28.3 Å². The van der Waals surface area contributed by atoms with Crippen molar-refractivity contribution in [1.82, 2.24) is 0 Å². The Morgan fingerprint density at radius 3 is 2.33 bits per heavy atom. The molecule has 2 atom stereocenters. The fraction of sp³-hybridized carbons (Fsp3) is 0.500. The van der Waals surface area contributed by atoms with Gasteiger partial charge in [0.25, 0.3) is 0 Å². The minimum Gasteiger partial charge on any atom is -0.330 e. The zero-order valence-corrected chi connectivity index (χ0v) is 11.3. The first-order valence-corrected chi connectivity index (χ1v) is 5.94. The molecule has 2 unspecified atom stereocenters. The third kappa shape index (κ3) is 2.08. The molecule has 0 radical (unpaired) electrons. The lowest BCUT2D eigenvalue weighted by molar-refractivity contribution is 0.146. The van der Waals surface area contributed by atoms with Crippen molar-refractivity contribution < 1.29 is 0 Å². The third-order valence-corrected chi connectivity index (χ3v) is 4.28. The van der Waals surface area contributed by atoms with Gasteiger partial charge in [-0.05, 0) is 36.5 Å². The summed E-state index contributed by atoms with van der Waals surface area (Å²) in [5.74, 6) is 0.730. The molecule has 1 nitrogen and oxygen atoms in total. The average Bonchev–Trinajstić information content (AvgIpc) is 2.20. The number of rotatable bonds is 2. The predicted octanol–water partition coefficient (Wildman–Crippen LogP) is 3.50. The van der Waals surface area contributed by atoms with Crippen LogP contribution in [0.2, 0.25) is 0 Å². The van der Waals surface area contributed by atoms with Crippen LogP contribution in [0.25, 0.3) is 0 Å². The van der Waals surface area contributed by atoms with Gasteiger partial charge in [-0.25, -0.2) is 0 Å². The van der Waals surface area contributed by atoms with Crippen LogP contribution < -0.4 is 5.73 Å². The van der Waals surface area contributed by atoms with E-state index < -0.39 is 0 Å².